The van der Waals surface area contributed by atoms with E-state index < -0.39 is 0 Å². The summed E-state index contributed by atoms with van der Waals surface area (Å²) in [6.07, 6.45) is 3.69. The third-order valence-electron chi connectivity index (χ3n) is 4.47. The van der Waals surface area contributed by atoms with E-state index in [9.17, 15) is 9.90 Å². The SMILES string of the molecule is CCOC(=O)CC(CCc1cn(CC)nn1)c1ccc(CN)c(CO)c1. The van der Waals surface area contributed by atoms with Crippen LogP contribution in [-0.4, -0.2) is 32.7 Å². The molecule has 0 bridgehead atoms. The predicted molar refractivity (Wildman–Crippen MR) is 98.3 cm³/mol. The second-order valence-electron chi connectivity index (χ2n) is 6.20. The van der Waals surface area contributed by atoms with Crippen molar-refractivity contribution in [3.05, 3.63) is 46.8 Å². The number of esters is 1. The number of hydrogen-bond donors (Lipinski definition) is 2. The number of nitrogens with zero attached hydrogens (tertiary/aromatic N) is 3. The number of carbonyl (C=O) groups is 1. The van der Waals surface area contributed by atoms with Crippen LogP contribution in [-0.2, 0) is 35.6 Å². The van der Waals surface area contributed by atoms with Gasteiger partial charge in [-0.25, -0.2) is 0 Å². The number of nitrogens with two attached hydrogens (primary N) is 1. The highest BCUT2D eigenvalue weighted by molar-refractivity contribution is 5.70. The maximum absolute atomic E-state index is 12.0. The Hall–Kier alpha value is -2.25. The van der Waals surface area contributed by atoms with E-state index in [4.69, 9.17) is 10.5 Å². The largest absolute Gasteiger partial charge is 0.466 e. The molecule has 3 N–H and O–H groups in total. The van der Waals surface area contributed by atoms with Crippen molar-refractivity contribution in [1.29, 1.82) is 0 Å². The van der Waals surface area contributed by atoms with Gasteiger partial charge in [0.1, 0.15) is 0 Å². The van der Waals surface area contributed by atoms with Gasteiger partial charge in [0.2, 0.25) is 0 Å². The van der Waals surface area contributed by atoms with Crippen LogP contribution in [0, 0.1) is 0 Å². The summed E-state index contributed by atoms with van der Waals surface area (Å²) in [6.45, 7) is 5.26. The Morgan fingerprint density at radius 2 is 2.15 bits per heavy atom. The first-order chi connectivity index (χ1) is 12.6. The second-order valence-corrected chi connectivity index (χ2v) is 6.20. The molecule has 0 aliphatic heterocycles. The standard InChI is InChI=1S/C19H28N4O3/c1-3-23-12-18(21-22-23)8-7-15(10-19(25)26-4-2)14-5-6-16(11-20)17(9-14)13-24/h5-6,9,12,15,24H,3-4,7-8,10-11,13,20H2,1-2H3. The molecular weight excluding hydrogens is 332 g/mol. The lowest BCUT2D eigenvalue weighted by Crippen LogP contribution is -2.12. The molecular formula is C19H28N4O3. The molecule has 1 aromatic heterocycles. The van der Waals surface area contributed by atoms with Gasteiger partial charge in [-0.3, -0.25) is 9.48 Å². The van der Waals surface area contributed by atoms with Crippen molar-refractivity contribution in [1.82, 2.24) is 15.0 Å². The number of rotatable bonds is 10. The van der Waals surface area contributed by atoms with E-state index in [0.29, 0.717) is 19.6 Å². The lowest BCUT2D eigenvalue weighted by atomic mass is 9.88. The molecule has 0 saturated heterocycles. The number of benzene rings is 1. The average molecular weight is 360 g/mol. The molecule has 26 heavy (non-hydrogen) atoms. The lowest BCUT2D eigenvalue weighted by Gasteiger charge is -2.18. The first-order valence-corrected chi connectivity index (χ1v) is 9.08. The van der Waals surface area contributed by atoms with Gasteiger partial charge < -0.3 is 15.6 Å². The molecule has 2 aromatic rings. The minimum absolute atomic E-state index is 0.0158. The normalized spacial score (nSPS) is 12.2. The monoisotopic (exact) mass is 360 g/mol. The molecule has 1 aromatic carbocycles. The third kappa shape index (κ3) is 5.37. The van der Waals surface area contributed by atoms with Gasteiger partial charge in [0.25, 0.3) is 0 Å². The molecule has 0 aliphatic carbocycles. The van der Waals surface area contributed by atoms with Gasteiger partial charge in [-0.15, -0.1) is 5.10 Å². The molecule has 0 radical (unpaired) electrons. The summed E-state index contributed by atoms with van der Waals surface area (Å²) >= 11 is 0. The summed E-state index contributed by atoms with van der Waals surface area (Å²) in [6, 6.07) is 5.84. The Labute approximate surface area is 154 Å². The number of ether oxygens (including phenoxy) is 1. The number of aliphatic hydroxyl groups excluding tert-OH is 1. The van der Waals surface area contributed by atoms with E-state index in [1.807, 2.05) is 31.3 Å². The van der Waals surface area contributed by atoms with E-state index >= 15 is 0 Å². The first kappa shape index (κ1) is 20.1. The van der Waals surface area contributed by atoms with Crippen LogP contribution in [0.1, 0.15) is 55.0 Å². The van der Waals surface area contributed by atoms with Crippen molar-refractivity contribution in [2.75, 3.05) is 6.61 Å². The minimum atomic E-state index is -0.219. The number of aryl methyl sites for hydroxylation is 2. The van der Waals surface area contributed by atoms with Crippen LogP contribution in [0.2, 0.25) is 0 Å². The van der Waals surface area contributed by atoms with Gasteiger partial charge in [-0.1, -0.05) is 23.4 Å². The number of aromatic nitrogens is 3. The van der Waals surface area contributed by atoms with Crippen molar-refractivity contribution >= 4 is 5.97 Å². The van der Waals surface area contributed by atoms with E-state index in [2.05, 4.69) is 10.3 Å². The number of hydrogen-bond acceptors (Lipinski definition) is 6. The van der Waals surface area contributed by atoms with Crippen molar-refractivity contribution in [2.45, 2.75) is 58.7 Å². The zero-order chi connectivity index (χ0) is 18.9. The molecule has 0 amide bonds. The molecule has 0 aliphatic rings. The molecule has 0 spiro atoms. The van der Waals surface area contributed by atoms with Gasteiger partial charge in [-0.05, 0) is 49.3 Å². The Kier molecular flexibility index (Phi) is 7.74. The molecule has 7 heteroatoms. The lowest BCUT2D eigenvalue weighted by molar-refractivity contribution is -0.143. The van der Waals surface area contributed by atoms with Gasteiger partial charge in [-0.2, -0.15) is 0 Å². The summed E-state index contributed by atoms with van der Waals surface area (Å²) in [4.78, 5) is 12.0. The topological polar surface area (TPSA) is 103 Å². The van der Waals surface area contributed by atoms with Crippen LogP contribution >= 0.6 is 0 Å². The Balaban J connectivity index is 2.18. The second kappa shape index (κ2) is 10.0. The predicted octanol–water partition coefficient (Wildman–Crippen LogP) is 1.92. The smallest absolute Gasteiger partial charge is 0.306 e. The zero-order valence-corrected chi connectivity index (χ0v) is 15.5. The Bertz CT molecular complexity index is 715. The van der Waals surface area contributed by atoms with Crippen molar-refractivity contribution in [2.24, 2.45) is 5.73 Å². The van der Waals surface area contributed by atoms with E-state index in [0.717, 1.165) is 41.8 Å². The van der Waals surface area contributed by atoms with E-state index in [1.165, 1.54) is 0 Å². The van der Waals surface area contributed by atoms with Crippen LogP contribution < -0.4 is 5.73 Å². The molecule has 0 saturated carbocycles. The molecule has 1 heterocycles. The highest BCUT2D eigenvalue weighted by Crippen LogP contribution is 2.28. The fourth-order valence-electron chi connectivity index (χ4n) is 2.98. The highest BCUT2D eigenvalue weighted by Gasteiger charge is 2.19. The van der Waals surface area contributed by atoms with Crippen LogP contribution in [0.3, 0.4) is 0 Å². The van der Waals surface area contributed by atoms with Crippen LogP contribution in [0.4, 0.5) is 0 Å². The van der Waals surface area contributed by atoms with Crippen molar-refractivity contribution in [3.8, 4) is 0 Å². The fraction of sp³-hybridized carbons (Fsp3) is 0.526. The van der Waals surface area contributed by atoms with Crippen LogP contribution in [0.15, 0.2) is 24.4 Å². The molecule has 7 nitrogen and oxygen atoms in total. The maximum atomic E-state index is 12.0. The fourth-order valence-corrected chi connectivity index (χ4v) is 2.98. The molecule has 142 valence electrons. The highest BCUT2D eigenvalue weighted by atomic mass is 16.5. The van der Waals surface area contributed by atoms with Gasteiger partial charge in [0.05, 0.1) is 25.3 Å². The zero-order valence-electron chi connectivity index (χ0n) is 15.5. The summed E-state index contributed by atoms with van der Waals surface area (Å²) in [7, 11) is 0. The summed E-state index contributed by atoms with van der Waals surface area (Å²) in [5, 5.41) is 17.8. The van der Waals surface area contributed by atoms with Crippen molar-refractivity contribution < 1.29 is 14.6 Å². The van der Waals surface area contributed by atoms with E-state index in [-0.39, 0.29) is 18.5 Å². The van der Waals surface area contributed by atoms with Gasteiger partial charge in [0.15, 0.2) is 0 Å². The molecule has 2 rings (SSSR count). The molecule has 0 fully saturated rings. The molecule has 1 unspecified atom stereocenters. The Morgan fingerprint density at radius 1 is 1.35 bits per heavy atom. The summed E-state index contributed by atoms with van der Waals surface area (Å²) in [5.74, 6) is -0.235. The number of carbonyl (C=O) groups excluding carboxylic acids is 1. The van der Waals surface area contributed by atoms with E-state index in [1.54, 1.807) is 11.6 Å². The average Bonchev–Trinajstić information content (AvgIpc) is 3.12. The third-order valence-corrected chi connectivity index (χ3v) is 4.47. The summed E-state index contributed by atoms with van der Waals surface area (Å²) < 4.78 is 6.92. The van der Waals surface area contributed by atoms with Gasteiger partial charge in [0, 0.05) is 19.3 Å². The van der Waals surface area contributed by atoms with Crippen LogP contribution in [0.5, 0.6) is 0 Å². The summed E-state index contributed by atoms with van der Waals surface area (Å²) in [5.41, 5.74) is 9.34. The first-order valence-electron chi connectivity index (χ1n) is 9.08. The van der Waals surface area contributed by atoms with Crippen LogP contribution in [0.25, 0.3) is 0 Å². The van der Waals surface area contributed by atoms with Gasteiger partial charge >= 0.3 is 5.97 Å². The number of aliphatic hydroxyl groups is 1. The quantitative estimate of drug-likeness (QED) is 0.628. The Morgan fingerprint density at radius 3 is 2.77 bits per heavy atom. The molecule has 1 atom stereocenters. The minimum Gasteiger partial charge on any atom is -0.466 e. The maximum Gasteiger partial charge on any atom is 0.306 e. The van der Waals surface area contributed by atoms with Crippen molar-refractivity contribution in [3.63, 3.8) is 0 Å².